The summed E-state index contributed by atoms with van der Waals surface area (Å²) in [5, 5.41) is 18.9. The maximum Gasteiger partial charge on any atom is 0.176 e. The van der Waals surface area contributed by atoms with Crippen molar-refractivity contribution in [1.82, 2.24) is 5.32 Å². The molecule has 10 heavy (non-hydrogen) atoms. The van der Waals surface area contributed by atoms with E-state index in [0.717, 1.165) is 12.8 Å². The molecule has 0 saturated heterocycles. The zero-order valence-corrected chi connectivity index (χ0v) is 6.09. The van der Waals surface area contributed by atoms with Crippen LogP contribution in [0.4, 0.5) is 0 Å². The second kappa shape index (κ2) is 5.91. The molecule has 1 unspecified atom stereocenters. The Kier molecular flexibility index (Phi) is 5.19. The molecule has 1 atom stereocenters. The van der Waals surface area contributed by atoms with E-state index in [0.29, 0.717) is 6.42 Å². The van der Waals surface area contributed by atoms with Crippen molar-refractivity contribution in [2.75, 3.05) is 0 Å². The van der Waals surface area contributed by atoms with Gasteiger partial charge in [0, 0.05) is 12.5 Å². The zero-order valence-electron chi connectivity index (χ0n) is 6.09. The Bertz CT molecular complexity index is 151. The molecular weight excluding hydrogens is 126 g/mol. The first kappa shape index (κ1) is 8.78. The van der Waals surface area contributed by atoms with Gasteiger partial charge in [-0.15, -0.1) is 0 Å². The van der Waals surface area contributed by atoms with Gasteiger partial charge in [-0.3, -0.25) is 0 Å². The van der Waals surface area contributed by atoms with Gasteiger partial charge < -0.3 is 5.32 Å². The van der Waals surface area contributed by atoms with E-state index in [-0.39, 0.29) is 6.04 Å². The average Bonchev–Trinajstić information content (AvgIpc) is 1.89. The predicted octanol–water partition coefficient (Wildman–Crippen LogP) is 1.14. The molecule has 0 bridgehead atoms. The highest BCUT2D eigenvalue weighted by Crippen LogP contribution is 1.97. The normalized spacial score (nSPS) is 11.1. The van der Waals surface area contributed by atoms with Gasteiger partial charge in [-0.1, -0.05) is 0 Å². The quantitative estimate of drug-likeness (QED) is 0.359. The van der Waals surface area contributed by atoms with Gasteiger partial charge in [0.1, 0.15) is 0 Å². The van der Waals surface area contributed by atoms with Crippen molar-refractivity contribution in [3.63, 3.8) is 0 Å². The molecule has 54 valence electrons. The smallest absolute Gasteiger partial charge is 0.176 e. The Hall–Kier alpha value is -1.22. The SMILES string of the molecule is CC(CCCC#N)NC#N. The van der Waals surface area contributed by atoms with Crippen molar-refractivity contribution in [3.05, 3.63) is 0 Å². The first-order valence-electron chi connectivity index (χ1n) is 3.33. The number of nitriles is 2. The van der Waals surface area contributed by atoms with E-state index in [1.807, 2.05) is 13.1 Å². The fraction of sp³-hybridized carbons (Fsp3) is 0.714. The second-order valence-corrected chi connectivity index (χ2v) is 2.21. The van der Waals surface area contributed by atoms with Gasteiger partial charge in [0.05, 0.1) is 6.07 Å². The maximum absolute atomic E-state index is 8.17. The van der Waals surface area contributed by atoms with Crippen LogP contribution in [0.2, 0.25) is 0 Å². The number of rotatable bonds is 4. The van der Waals surface area contributed by atoms with Crippen LogP contribution in [0.15, 0.2) is 0 Å². The summed E-state index contributed by atoms with van der Waals surface area (Å²) in [7, 11) is 0. The molecule has 0 aliphatic heterocycles. The van der Waals surface area contributed by atoms with Gasteiger partial charge in [-0.25, -0.2) is 0 Å². The maximum atomic E-state index is 8.17. The highest BCUT2D eigenvalue weighted by molar-refractivity contribution is 4.75. The third kappa shape index (κ3) is 4.93. The average molecular weight is 137 g/mol. The van der Waals surface area contributed by atoms with Crippen LogP contribution in [0.5, 0.6) is 0 Å². The van der Waals surface area contributed by atoms with Gasteiger partial charge in [0.2, 0.25) is 0 Å². The molecule has 0 spiro atoms. The third-order valence-electron chi connectivity index (χ3n) is 1.24. The molecule has 0 rings (SSSR count). The molecule has 0 saturated carbocycles. The topological polar surface area (TPSA) is 59.6 Å². The minimum atomic E-state index is 0.207. The van der Waals surface area contributed by atoms with Gasteiger partial charge in [-0.05, 0) is 19.8 Å². The highest BCUT2D eigenvalue weighted by Gasteiger charge is 1.97. The molecule has 0 aliphatic carbocycles. The first-order chi connectivity index (χ1) is 4.81. The summed E-state index contributed by atoms with van der Waals surface area (Å²) >= 11 is 0. The number of hydrogen-bond donors (Lipinski definition) is 1. The number of hydrogen-bond acceptors (Lipinski definition) is 3. The van der Waals surface area contributed by atoms with Gasteiger partial charge in [-0.2, -0.15) is 10.5 Å². The van der Waals surface area contributed by atoms with E-state index >= 15 is 0 Å². The van der Waals surface area contributed by atoms with E-state index in [9.17, 15) is 0 Å². The van der Waals surface area contributed by atoms with Crippen LogP contribution in [0.25, 0.3) is 0 Å². The van der Waals surface area contributed by atoms with Crippen molar-refractivity contribution in [1.29, 1.82) is 10.5 Å². The fourth-order valence-corrected chi connectivity index (χ4v) is 0.670. The zero-order chi connectivity index (χ0) is 7.82. The van der Waals surface area contributed by atoms with Crippen LogP contribution in [0.1, 0.15) is 26.2 Å². The third-order valence-corrected chi connectivity index (χ3v) is 1.24. The lowest BCUT2D eigenvalue weighted by molar-refractivity contribution is 0.572. The summed E-state index contributed by atoms with van der Waals surface area (Å²) in [6.07, 6.45) is 4.20. The van der Waals surface area contributed by atoms with Crippen molar-refractivity contribution in [3.8, 4) is 12.3 Å². The lowest BCUT2D eigenvalue weighted by Gasteiger charge is -2.05. The summed E-state index contributed by atoms with van der Waals surface area (Å²) in [5.74, 6) is 0. The van der Waals surface area contributed by atoms with Gasteiger partial charge in [0.15, 0.2) is 6.19 Å². The Morgan fingerprint density at radius 3 is 2.70 bits per heavy atom. The standard InChI is InChI=1S/C7H11N3/c1-7(10-6-9)4-2-3-5-8/h7,10H,2-4H2,1H3. The van der Waals surface area contributed by atoms with E-state index in [1.165, 1.54) is 0 Å². The van der Waals surface area contributed by atoms with Crippen LogP contribution in [0.3, 0.4) is 0 Å². The monoisotopic (exact) mass is 137 g/mol. The van der Waals surface area contributed by atoms with Crippen LogP contribution in [0, 0.1) is 22.8 Å². The highest BCUT2D eigenvalue weighted by atomic mass is 14.9. The van der Waals surface area contributed by atoms with E-state index in [1.54, 1.807) is 0 Å². The summed E-state index contributed by atoms with van der Waals surface area (Å²) < 4.78 is 0. The Morgan fingerprint density at radius 1 is 1.50 bits per heavy atom. The molecule has 3 nitrogen and oxygen atoms in total. The van der Waals surface area contributed by atoms with E-state index in [4.69, 9.17) is 10.5 Å². The molecule has 0 amide bonds. The van der Waals surface area contributed by atoms with Gasteiger partial charge in [0.25, 0.3) is 0 Å². The van der Waals surface area contributed by atoms with Crippen LogP contribution >= 0.6 is 0 Å². The molecular formula is C7H11N3. The lowest BCUT2D eigenvalue weighted by Crippen LogP contribution is -2.19. The largest absolute Gasteiger partial charge is 0.321 e. The Balaban J connectivity index is 3.16. The minimum Gasteiger partial charge on any atom is -0.321 e. The minimum absolute atomic E-state index is 0.207. The van der Waals surface area contributed by atoms with Crippen LogP contribution in [-0.2, 0) is 0 Å². The molecule has 0 fully saturated rings. The Labute approximate surface area is 61.3 Å². The second-order valence-electron chi connectivity index (χ2n) is 2.21. The molecule has 0 aliphatic rings. The lowest BCUT2D eigenvalue weighted by atomic mass is 10.1. The fourth-order valence-electron chi connectivity index (χ4n) is 0.670. The molecule has 1 N–H and O–H groups in total. The summed E-state index contributed by atoms with van der Waals surface area (Å²) in [4.78, 5) is 0. The summed E-state index contributed by atoms with van der Waals surface area (Å²) in [5.41, 5.74) is 0. The van der Waals surface area contributed by atoms with E-state index < -0.39 is 0 Å². The Morgan fingerprint density at radius 2 is 2.20 bits per heavy atom. The van der Waals surface area contributed by atoms with Crippen LogP contribution in [-0.4, -0.2) is 6.04 Å². The number of unbranched alkanes of at least 4 members (excludes halogenated alkanes) is 1. The molecule has 0 aromatic rings. The summed E-state index contributed by atoms with van der Waals surface area (Å²) in [6.45, 7) is 1.93. The molecule has 0 aromatic heterocycles. The molecule has 0 heterocycles. The molecule has 0 radical (unpaired) electrons. The van der Waals surface area contributed by atoms with Crippen molar-refractivity contribution < 1.29 is 0 Å². The van der Waals surface area contributed by atoms with E-state index in [2.05, 4.69) is 11.4 Å². The number of nitrogens with zero attached hydrogens (tertiary/aromatic N) is 2. The van der Waals surface area contributed by atoms with Crippen LogP contribution < -0.4 is 5.32 Å². The number of nitrogens with one attached hydrogen (secondary N) is 1. The predicted molar refractivity (Wildman–Crippen MR) is 37.7 cm³/mol. The summed E-state index contributed by atoms with van der Waals surface area (Å²) in [6, 6.07) is 2.26. The molecule has 0 aromatic carbocycles. The van der Waals surface area contributed by atoms with Gasteiger partial charge >= 0.3 is 0 Å². The van der Waals surface area contributed by atoms with Crippen molar-refractivity contribution >= 4 is 0 Å². The first-order valence-corrected chi connectivity index (χ1v) is 3.33. The van der Waals surface area contributed by atoms with Crippen molar-refractivity contribution in [2.45, 2.75) is 32.2 Å². The molecule has 3 heteroatoms. The van der Waals surface area contributed by atoms with Crippen molar-refractivity contribution in [2.24, 2.45) is 0 Å².